The smallest absolute Gasteiger partial charge is 0.275 e. The quantitative estimate of drug-likeness (QED) is 0.798. The van der Waals surface area contributed by atoms with E-state index >= 15 is 0 Å². The van der Waals surface area contributed by atoms with E-state index in [0.717, 1.165) is 4.96 Å². The average Bonchev–Trinajstić information content (AvgIpc) is 2.99. The lowest BCUT2D eigenvalue weighted by molar-refractivity contribution is 0.102. The van der Waals surface area contributed by atoms with Crippen LogP contribution >= 0.6 is 11.3 Å². The molecule has 1 N–H and O–H groups in total. The van der Waals surface area contributed by atoms with Gasteiger partial charge in [-0.1, -0.05) is 6.07 Å². The van der Waals surface area contributed by atoms with Gasteiger partial charge in [0.2, 0.25) is 0 Å². The highest BCUT2D eigenvalue weighted by molar-refractivity contribution is 7.15. The van der Waals surface area contributed by atoms with Gasteiger partial charge in [-0.15, -0.1) is 11.3 Å². The Balaban J connectivity index is 1.82. The number of ether oxygens (including phenoxy) is 1. The third-order valence-electron chi connectivity index (χ3n) is 2.65. The van der Waals surface area contributed by atoms with Gasteiger partial charge in [-0.05, 0) is 12.1 Å². The van der Waals surface area contributed by atoms with Crippen molar-refractivity contribution in [2.75, 3.05) is 12.4 Å². The number of thiazole rings is 1. The molecule has 0 fully saturated rings. The van der Waals surface area contributed by atoms with Crippen molar-refractivity contribution in [1.82, 2.24) is 9.38 Å². The maximum atomic E-state index is 12.1. The third-order valence-corrected chi connectivity index (χ3v) is 3.42. The summed E-state index contributed by atoms with van der Waals surface area (Å²) in [5.74, 6) is 0.466. The molecule has 96 valence electrons. The van der Waals surface area contributed by atoms with E-state index in [9.17, 15) is 4.79 Å². The number of carbonyl (C=O) groups excluding carboxylic acids is 1. The average molecular weight is 273 g/mol. The largest absolute Gasteiger partial charge is 0.497 e. The summed E-state index contributed by atoms with van der Waals surface area (Å²) in [6.07, 6.45) is 3.58. The minimum absolute atomic E-state index is 0.232. The number of benzene rings is 1. The Bertz CT molecular complexity index is 704. The van der Waals surface area contributed by atoms with E-state index in [4.69, 9.17) is 4.74 Å². The SMILES string of the molecule is COc1cccc(NC(=O)c2cn3ccsc3n2)c1. The van der Waals surface area contributed by atoms with Gasteiger partial charge in [0.1, 0.15) is 11.4 Å². The summed E-state index contributed by atoms with van der Waals surface area (Å²) < 4.78 is 6.93. The fourth-order valence-corrected chi connectivity index (χ4v) is 2.43. The molecule has 0 unspecified atom stereocenters. The molecule has 19 heavy (non-hydrogen) atoms. The van der Waals surface area contributed by atoms with Gasteiger partial charge in [0.15, 0.2) is 4.96 Å². The van der Waals surface area contributed by atoms with E-state index in [1.54, 1.807) is 25.4 Å². The lowest BCUT2D eigenvalue weighted by Gasteiger charge is -2.05. The highest BCUT2D eigenvalue weighted by Gasteiger charge is 2.11. The summed E-state index contributed by atoms with van der Waals surface area (Å²) in [5.41, 5.74) is 1.08. The Labute approximate surface area is 113 Å². The lowest BCUT2D eigenvalue weighted by atomic mass is 10.3. The highest BCUT2D eigenvalue weighted by Crippen LogP contribution is 2.18. The van der Waals surface area contributed by atoms with Crippen molar-refractivity contribution in [2.24, 2.45) is 0 Å². The molecule has 1 amide bonds. The van der Waals surface area contributed by atoms with Crippen LogP contribution in [-0.2, 0) is 0 Å². The first-order valence-corrected chi connectivity index (χ1v) is 6.52. The van der Waals surface area contributed by atoms with E-state index in [1.807, 2.05) is 28.1 Å². The Morgan fingerprint density at radius 1 is 1.47 bits per heavy atom. The van der Waals surface area contributed by atoms with Crippen LogP contribution in [0.15, 0.2) is 42.0 Å². The van der Waals surface area contributed by atoms with E-state index < -0.39 is 0 Å². The molecule has 0 spiro atoms. The molecular weight excluding hydrogens is 262 g/mol. The second-order valence-corrected chi connectivity index (χ2v) is 4.78. The number of imidazole rings is 1. The fraction of sp³-hybridized carbons (Fsp3) is 0.0769. The van der Waals surface area contributed by atoms with E-state index in [0.29, 0.717) is 17.1 Å². The minimum atomic E-state index is -0.232. The number of hydrogen-bond donors (Lipinski definition) is 1. The molecule has 2 aromatic heterocycles. The molecule has 0 aliphatic carbocycles. The van der Waals surface area contributed by atoms with Gasteiger partial charge in [-0.3, -0.25) is 9.20 Å². The number of nitrogens with zero attached hydrogens (tertiary/aromatic N) is 2. The van der Waals surface area contributed by atoms with Crippen LogP contribution in [0.2, 0.25) is 0 Å². The molecule has 6 heteroatoms. The number of methoxy groups -OCH3 is 1. The van der Waals surface area contributed by atoms with Crippen molar-refractivity contribution in [3.63, 3.8) is 0 Å². The van der Waals surface area contributed by atoms with Gasteiger partial charge in [0.25, 0.3) is 5.91 Å². The van der Waals surface area contributed by atoms with Crippen molar-refractivity contribution in [3.05, 3.63) is 47.7 Å². The van der Waals surface area contributed by atoms with Gasteiger partial charge in [0, 0.05) is 29.5 Å². The molecule has 2 heterocycles. The Morgan fingerprint density at radius 3 is 3.16 bits per heavy atom. The highest BCUT2D eigenvalue weighted by atomic mass is 32.1. The van der Waals surface area contributed by atoms with Crippen LogP contribution < -0.4 is 10.1 Å². The molecule has 3 rings (SSSR count). The number of anilines is 1. The second-order valence-electron chi connectivity index (χ2n) is 3.91. The van der Waals surface area contributed by atoms with E-state index in [2.05, 4.69) is 10.3 Å². The number of aromatic nitrogens is 2. The number of nitrogens with one attached hydrogen (secondary N) is 1. The van der Waals surface area contributed by atoms with Gasteiger partial charge in [-0.2, -0.15) is 0 Å². The first-order valence-electron chi connectivity index (χ1n) is 5.64. The van der Waals surface area contributed by atoms with Crippen molar-refractivity contribution >= 4 is 27.9 Å². The Kier molecular flexibility index (Phi) is 2.92. The van der Waals surface area contributed by atoms with E-state index in [-0.39, 0.29) is 5.91 Å². The predicted molar refractivity (Wildman–Crippen MR) is 74.0 cm³/mol. The first-order chi connectivity index (χ1) is 9.26. The van der Waals surface area contributed by atoms with Crippen LogP contribution in [0.1, 0.15) is 10.5 Å². The van der Waals surface area contributed by atoms with Crippen molar-refractivity contribution in [1.29, 1.82) is 0 Å². The molecule has 0 radical (unpaired) electrons. The third kappa shape index (κ3) is 2.30. The fourth-order valence-electron chi connectivity index (χ4n) is 1.73. The number of amides is 1. The van der Waals surface area contributed by atoms with Crippen LogP contribution in [0.4, 0.5) is 5.69 Å². The molecule has 1 aromatic carbocycles. The molecule has 5 nitrogen and oxygen atoms in total. The molecule has 0 saturated carbocycles. The summed E-state index contributed by atoms with van der Waals surface area (Å²) in [6, 6.07) is 7.21. The maximum Gasteiger partial charge on any atom is 0.275 e. The molecule has 0 bridgehead atoms. The summed E-state index contributed by atoms with van der Waals surface area (Å²) in [4.78, 5) is 17.1. The molecule has 3 aromatic rings. The first kappa shape index (κ1) is 11.7. The zero-order valence-electron chi connectivity index (χ0n) is 10.2. The lowest BCUT2D eigenvalue weighted by Crippen LogP contribution is -2.12. The monoisotopic (exact) mass is 273 g/mol. The van der Waals surface area contributed by atoms with Crippen LogP contribution in [0.5, 0.6) is 5.75 Å². The van der Waals surface area contributed by atoms with Crippen LogP contribution in [0.25, 0.3) is 4.96 Å². The molecule has 0 saturated heterocycles. The normalized spacial score (nSPS) is 10.6. The summed E-state index contributed by atoms with van der Waals surface area (Å²) >= 11 is 1.49. The van der Waals surface area contributed by atoms with Crippen LogP contribution in [0.3, 0.4) is 0 Å². The maximum absolute atomic E-state index is 12.1. The van der Waals surface area contributed by atoms with E-state index in [1.165, 1.54) is 11.3 Å². The Morgan fingerprint density at radius 2 is 2.37 bits per heavy atom. The Hall–Kier alpha value is -2.34. The number of fused-ring (bicyclic) bond motifs is 1. The number of hydrogen-bond acceptors (Lipinski definition) is 4. The topological polar surface area (TPSA) is 55.6 Å². The van der Waals surface area contributed by atoms with Gasteiger partial charge >= 0.3 is 0 Å². The van der Waals surface area contributed by atoms with Crippen molar-refractivity contribution in [2.45, 2.75) is 0 Å². The molecular formula is C13H11N3O2S. The molecule has 0 aliphatic heterocycles. The van der Waals surface area contributed by atoms with Crippen LogP contribution in [-0.4, -0.2) is 22.4 Å². The molecule has 0 atom stereocenters. The standard InChI is InChI=1S/C13H11N3O2S/c1-18-10-4-2-3-9(7-10)14-12(17)11-8-16-5-6-19-13(16)15-11/h2-8H,1H3,(H,14,17). The van der Waals surface area contributed by atoms with Gasteiger partial charge < -0.3 is 10.1 Å². The van der Waals surface area contributed by atoms with Crippen LogP contribution in [0, 0.1) is 0 Å². The summed E-state index contributed by atoms with van der Waals surface area (Å²) in [5, 5.41) is 4.72. The second kappa shape index (κ2) is 4.74. The number of rotatable bonds is 3. The number of carbonyl (C=O) groups is 1. The summed E-state index contributed by atoms with van der Waals surface area (Å²) in [6.45, 7) is 0. The van der Waals surface area contributed by atoms with Crippen molar-refractivity contribution in [3.8, 4) is 5.75 Å². The minimum Gasteiger partial charge on any atom is -0.497 e. The predicted octanol–water partition coefficient (Wildman–Crippen LogP) is 2.66. The van der Waals surface area contributed by atoms with Gasteiger partial charge in [-0.25, -0.2) is 4.98 Å². The van der Waals surface area contributed by atoms with Gasteiger partial charge in [0.05, 0.1) is 7.11 Å². The van der Waals surface area contributed by atoms with Crippen molar-refractivity contribution < 1.29 is 9.53 Å². The molecule has 0 aliphatic rings. The zero-order valence-corrected chi connectivity index (χ0v) is 11.0. The zero-order chi connectivity index (χ0) is 13.2. The summed E-state index contributed by atoms with van der Waals surface area (Å²) in [7, 11) is 1.59.